The number of nitrogens with zero attached hydrogens (tertiary/aromatic N) is 1. The highest BCUT2D eigenvalue weighted by Crippen LogP contribution is 2.18. The zero-order valence-corrected chi connectivity index (χ0v) is 13.1. The quantitative estimate of drug-likeness (QED) is 0.250. The van der Waals surface area contributed by atoms with Crippen LogP contribution in [0, 0.1) is 10.1 Å². The predicted octanol–water partition coefficient (Wildman–Crippen LogP) is 2.90. The Morgan fingerprint density at radius 2 is 1.60 bits per heavy atom. The Hall–Kier alpha value is -3.21. The fraction of sp³-hybridized carbons (Fsp3) is 0.0714. The Morgan fingerprint density at radius 1 is 1.04 bits per heavy atom. The van der Waals surface area contributed by atoms with E-state index in [-0.39, 0.29) is 23.8 Å². The SMILES string of the molecule is O=C(OCc1ccc(OS(=O)(=O)F)cc1)Oc1ccc([N+](=O)[O-])cc1. The summed E-state index contributed by atoms with van der Waals surface area (Å²) < 4.78 is 46.6. The standard InChI is InChI=1S/C14H10FNO8S/c15-25(20,21)24-13-5-1-10(2-6-13)9-22-14(17)23-12-7-3-11(4-8-12)16(18)19/h1-8H,9H2. The first kappa shape index (κ1) is 18.1. The molecule has 11 heteroatoms. The molecule has 0 aliphatic rings. The Bertz CT molecular complexity index is 865. The van der Waals surface area contributed by atoms with Crippen LogP contribution in [0.3, 0.4) is 0 Å². The van der Waals surface area contributed by atoms with Crippen molar-refractivity contribution in [1.82, 2.24) is 0 Å². The van der Waals surface area contributed by atoms with Crippen molar-refractivity contribution in [2.45, 2.75) is 6.61 Å². The minimum Gasteiger partial charge on any atom is -0.429 e. The van der Waals surface area contributed by atoms with Crippen LogP contribution >= 0.6 is 0 Å². The molecule has 0 unspecified atom stereocenters. The largest absolute Gasteiger partial charge is 0.514 e. The second-order valence-corrected chi connectivity index (χ2v) is 5.47. The van der Waals surface area contributed by atoms with E-state index in [2.05, 4.69) is 4.18 Å². The molecular weight excluding hydrogens is 361 g/mol. The van der Waals surface area contributed by atoms with E-state index in [0.717, 1.165) is 0 Å². The van der Waals surface area contributed by atoms with Gasteiger partial charge < -0.3 is 13.7 Å². The summed E-state index contributed by atoms with van der Waals surface area (Å²) in [6, 6.07) is 9.89. The van der Waals surface area contributed by atoms with Gasteiger partial charge in [-0.25, -0.2) is 4.79 Å². The second kappa shape index (κ2) is 7.57. The molecule has 0 aliphatic carbocycles. The maximum atomic E-state index is 12.3. The molecule has 25 heavy (non-hydrogen) atoms. The third-order valence-electron chi connectivity index (χ3n) is 2.72. The van der Waals surface area contributed by atoms with Crippen LogP contribution in [0.4, 0.5) is 14.4 Å². The molecule has 0 aliphatic heterocycles. The van der Waals surface area contributed by atoms with Crippen molar-refractivity contribution in [2.75, 3.05) is 0 Å². The van der Waals surface area contributed by atoms with Gasteiger partial charge in [-0.3, -0.25) is 10.1 Å². The fourth-order valence-corrected chi connectivity index (χ4v) is 2.00. The van der Waals surface area contributed by atoms with Crippen LogP contribution in [0.5, 0.6) is 11.5 Å². The zero-order chi connectivity index (χ0) is 18.4. The van der Waals surface area contributed by atoms with Crippen molar-refractivity contribution in [1.29, 1.82) is 0 Å². The highest BCUT2D eigenvalue weighted by molar-refractivity contribution is 7.81. The number of non-ortho nitro benzene ring substituents is 1. The maximum absolute atomic E-state index is 12.3. The van der Waals surface area contributed by atoms with Crippen LogP contribution in [-0.2, 0) is 21.8 Å². The molecular formula is C14H10FNO8S. The van der Waals surface area contributed by atoms with Crippen LogP contribution < -0.4 is 8.92 Å². The van der Waals surface area contributed by atoms with Crippen LogP contribution in [0.15, 0.2) is 48.5 Å². The van der Waals surface area contributed by atoms with Gasteiger partial charge in [0.1, 0.15) is 18.1 Å². The minimum atomic E-state index is -5.11. The van der Waals surface area contributed by atoms with Crippen LogP contribution in [0.1, 0.15) is 5.56 Å². The van der Waals surface area contributed by atoms with Crippen LogP contribution in [0.2, 0.25) is 0 Å². The third-order valence-corrected chi connectivity index (χ3v) is 3.12. The molecule has 0 amide bonds. The van der Waals surface area contributed by atoms with E-state index in [0.29, 0.717) is 5.56 Å². The first-order valence-corrected chi connectivity index (χ1v) is 7.86. The number of benzene rings is 2. The molecule has 9 nitrogen and oxygen atoms in total. The number of carbonyl (C=O) groups is 1. The van der Waals surface area contributed by atoms with Gasteiger partial charge in [0.25, 0.3) is 5.69 Å². The number of carbonyl (C=O) groups excluding carboxylic acids is 1. The minimum absolute atomic E-state index is 0.0625. The van der Waals surface area contributed by atoms with Crippen molar-refractivity contribution in [3.8, 4) is 11.5 Å². The number of ether oxygens (including phenoxy) is 2. The zero-order valence-electron chi connectivity index (χ0n) is 12.3. The lowest BCUT2D eigenvalue weighted by Crippen LogP contribution is -2.10. The molecule has 132 valence electrons. The van der Waals surface area contributed by atoms with Gasteiger partial charge in [0, 0.05) is 12.1 Å². The molecule has 0 N–H and O–H groups in total. The summed E-state index contributed by atoms with van der Waals surface area (Å²) in [5, 5.41) is 10.5. The number of rotatable bonds is 6. The Morgan fingerprint density at radius 3 is 2.12 bits per heavy atom. The Balaban J connectivity index is 1.86. The molecule has 0 saturated heterocycles. The van der Waals surface area contributed by atoms with Gasteiger partial charge in [0.2, 0.25) is 0 Å². The van der Waals surface area contributed by atoms with Gasteiger partial charge in [-0.05, 0) is 29.8 Å². The number of hydrogen-bond acceptors (Lipinski definition) is 8. The molecule has 0 atom stereocenters. The smallest absolute Gasteiger partial charge is 0.429 e. The lowest BCUT2D eigenvalue weighted by molar-refractivity contribution is -0.384. The maximum Gasteiger partial charge on any atom is 0.514 e. The van der Waals surface area contributed by atoms with E-state index >= 15 is 0 Å². The summed E-state index contributed by atoms with van der Waals surface area (Å²) in [6.45, 7) is -0.200. The van der Waals surface area contributed by atoms with E-state index in [9.17, 15) is 27.2 Å². The van der Waals surface area contributed by atoms with Gasteiger partial charge in [0.05, 0.1) is 4.92 Å². The average Bonchev–Trinajstić information content (AvgIpc) is 2.53. The molecule has 2 aromatic rings. The summed E-state index contributed by atoms with van der Waals surface area (Å²) in [7, 11) is -5.11. The summed E-state index contributed by atoms with van der Waals surface area (Å²) in [5.74, 6) is -0.174. The van der Waals surface area contributed by atoms with Crippen molar-refractivity contribution < 1.29 is 35.7 Å². The lowest BCUT2D eigenvalue weighted by atomic mass is 10.2. The van der Waals surface area contributed by atoms with E-state index in [1.807, 2.05) is 0 Å². The molecule has 0 radical (unpaired) electrons. The van der Waals surface area contributed by atoms with Gasteiger partial charge in [-0.1, -0.05) is 16.0 Å². The Labute approximate surface area is 141 Å². The highest BCUT2D eigenvalue weighted by Gasteiger charge is 2.11. The van der Waals surface area contributed by atoms with Gasteiger partial charge in [-0.15, -0.1) is 0 Å². The van der Waals surface area contributed by atoms with E-state index in [4.69, 9.17) is 9.47 Å². The van der Waals surface area contributed by atoms with E-state index < -0.39 is 21.6 Å². The number of hydrogen-bond donors (Lipinski definition) is 0. The second-order valence-electron chi connectivity index (χ2n) is 4.51. The topological polar surface area (TPSA) is 122 Å². The summed E-state index contributed by atoms with van der Waals surface area (Å²) in [4.78, 5) is 21.4. The summed E-state index contributed by atoms with van der Waals surface area (Å²) in [6.07, 6.45) is -1.04. The number of nitro groups is 1. The molecule has 0 fully saturated rings. The third kappa shape index (κ3) is 6.06. The highest BCUT2D eigenvalue weighted by atomic mass is 32.3. The monoisotopic (exact) mass is 371 g/mol. The Kier molecular flexibility index (Phi) is 5.49. The normalized spacial score (nSPS) is 10.8. The first-order valence-electron chi connectivity index (χ1n) is 6.55. The summed E-state index contributed by atoms with van der Waals surface area (Å²) >= 11 is 0. The van der Waals surface area contributed by atoms with Crippen LogP contribution in [-0.4, -0.2) is 19.5 Å². The first-order chi connectivity index (χ1) is 11.7. The predicted molar refractivity (Wildman–Crippen MR) is 81.0 cm³/mol. The molecule has 0 spiro atoms. The molecule has 0 aromatic heterocycles. The van der Waals surface area contributed by atoms with Gasteiger partial charge in [0.15, 0.2) is 0 Å². The average molecular weight is 371 g/mol. The molecule has 0 bridgehead atoms. The van der Waals surface area contributed by atoms with E-state index in [1.54, 1.807) is 0 Å². The van der Waals surface area contributed by atoms with Crippen molar-refractivity contribution in [3.63, 3.8) is 0 Å². The van der Waals surface area contributed by atoms with Crippen molar-refractivity contribution in [3.05, 3.63) is 64.2 Å². The van der Waals surface area contributed by atoms with Crippen LogP contribution in [0.25, 0.3) is 0 Å². The number of nitro benzene ring substituents is 1. The number of halogens is 1. The van der Waals surface area contributed by atoms with Gasteiger partial charge >= 0.3 is 16.7 Å². The van der Waals surface area contributed by atoms with Gasteiger partial charge in [-0.2, -0.15) is 8.42 Å². The fourth-order valence-electron chi connectivity index (χ4n) is 1.66. The summed E-state index contributed by atoms with van der Waals surface area (Å²) in [5.41, 5.74) is 0.308. The molecule has 0 heterocycles. The van der Waals surface area contributed by atoms with Crippen molar-refractivity contribution >= 4 is 22.3 Å². The van der Waals surface area contributed by atoms with Crippen molar-refractivity contribution in [2.24, 2.45) is 0 Å². The van der Waals surface area contributed by atoms with E-state index in [1.165, 1.54) is 48.5 Å². The molecule has 2 aromatic carbocycles. The molecule has 0 saturated carbocycles. The lowest BCUT2D eigenvalue weighted by Gasteiger charge is -2.06. The molecule has 2 rings (SSSR count).